The Morgan fingerprint density at radius 3 is 2.81 bits per heavy atom. The van der Waals surface area contributed by atoms with Crippen LogP contribution in [0.1, 0.15) is 0 Å². The lowest BCUT2D eigenvalue weighted by Crippen LogP contribution is -2.21. The lowest BCUT2D eigenvalue weighted by Gasteiger charge is -2.06. The van der Waals surface area contributed by atoms with Gasteiger partial charge in [-0.05, 0) is 36.4 Å². The first-order valence-electron chi connectivity index (χ1n) is 7.91. The topological polar surface area (TPSA) is 52.8 Å². The minimum Gasteiger partial charge on any atom is -0.482 e. The van der Waals surface area contributed by atoms with E-state index in [1.165, 1.54) is 11.3 Å². The molecule has 0 spiro atoms. The normalized spacial score (nSPS) is 11.9. The zero-order valence-corrected chi connectivity index (χ0v) is 18.2. The fraction of sp³-hybridized carbons (Fsp3) is 0.222. The number of carbonyl (C=O) groups is 1. The van der Waals surface area contributed by atoms with Crippen LogP contribution >= 0.6 is 50.5 Å². The Balaban J connectivity index is 1.86. The highest BCUT2D eigenvalue weighted by molar-refractivity contribution is 9.10. The third-order valence-corrected chi connectivity index (χ3v) is 5.69. The first-order chi connectivity index (χ1) is 13.0. The molecule has 0 unspecified atom stereocenters. The van der Waals surface area contributed by atoms with Crippen molar-refractivity contribution in [2.75, 3.05) is 20.3 Å². The van der Waals surface area contributed by atoms with E-state index < -0.39 is 5.91 Å². The number of benzene rings is 2. The van der Waals surface area contributed by atoms with E-state index in [1.807, 2.05) is 22.8 Å². The molecule has 1 aromatic heterocycles. The second kappa shape index (κ2) is 9.21. The van der Waals surface area contributed by atoms with Gasteiger partial charge >= 0.3 is 0 Å². The summed E-state index contributed by atoms with van der Waals surface area (Å²) in [7, 11) is 1.64. The molecule has 0 aliphatic carbocycles. The van der Waals surface area contributed by atoms with Gasteiger partial charge in [0.15, 0.2) is 11.4 Å². The average Bonchev–Trinajstić information content (AvgIpc) is 2.95. The predicted molar refractivity (Wildman–Crippen MR) is 112 cm³/mol. The Bertz CT molecular complexity index is 1050. The van der Waals surface area contributed by atoms with Crippen molar-refractivity contribution >= 4 is 66.6 Å². The summed E-state index contributed by atoms with van der Waals surface area (Å²) < 4.78 is 14.6. The molecule has 0 radical (unpaired) electrons. The van der Waals surface area contributed by atoms with Crippen LogP contribution in [0.3, 0.4) is 0 Å². The maximum Gasteiger partial charge on any atom is 0.286 e. The van der Waals surface area contributed by atoms with Gasteiger partial charge in [-0.15, -0.1) is 0 Å². The van der Waals surface area contributed by atoms with Crippen LogP contribution in [0.15, 0.2) is 45.9 Å². The zero-order valence-electron chi connectivity index (χ0n) is 14.2. The van der Waals surface area contributed by atoms with E-state index in [0.717, 1.165) is 14.7 Å². The number of ether oxygens (including phenoxy) is 2. The Hall–Kier alpha value is -1.38. The van der Waals surface area contributed by atoms with Gasteiger partial charge in [-0.3, -0.25) is 4.79 Å². The SMILES string of the molecule is COCCn1c(=NC(=O)COc2ccc(Cl)cc2Cl)sc2cc(Br)ccc21. The second-order valence-electron chi connectivity index (χ2n) is 5.51. The Kier molecular flexibility index (Phi) is 6.94. The number of aromatic nitrogens is 1. The molecule has 142 valence electrons. The summed E-state index contributed by atoms with van der Waals surface area (Å²) in [6.07, 6.45) is 0. The van der Waals surface area contributed by atoms with E-state index in [4.69, 9.17) is 32.7 Å². The van der Waals surface area contributed by atoms with Crippen molar-refractivity contribution in [1.82, 2.24) is 4.57 Å². The number of rotatable bonds is 6. The molecule has 2 aromatic carbocycles. The van der Waals surface area contributed by atoms with Crippen LogP contribution in [0, 0.1) is 0 Å². The van der Waals surface area contributed by atoms with Crippen LogP contribution in [-0.4, -0.2) is 30.8 Å². The number of carbonyl (C=O) groups excluding carboxylic acids is 1. The van der Waals surface area contributed by atoms with Crippen molar-refractivity contribution in [3.8, 4) is 5.75 Å². The highest BCUT2D eigenvalue weighted by Gasteiger charge is 2.10. The summed E-state index contributed by atoms with van der Waals surface area (Å²) in [5.41, 5.74) is 0.994. The van der Waals surface area contributed by atoms with Crippen molar-refractivity contribution in [3.63, 3.8) is 0 Å². The zero-order chi connectivity index (χ0) is 19.4. The molecule has 1 heterocycles. The van der Waals surface area contributed by atoms with Crippen molar-refractivity contribution in [3.05, 3.63) is 55.7 Å². The fourth-order valence-electron chi connectivity index (χ4n) is 2.40. The molecular weight excluding hydrogens is 475 g/mol. The van der Waals surface area contributed by atoms with Gasteiger partial charge in [0.2, 0.25) is 0 Å². The Labute approximate surface area is 178 Å². The van der Waals surface area contributed by atoms with Crippen LogP contribution in [-0.2, 0) is 16.1 Å². The smallest absolute Gasteiger partial charge is 0.286 e. The van der Waals surface area contributed by atoms with Gasteiger partial charge in [0, 0.05) is 23.1 Å². The predicted octanol–water partition coefficient (Wildman–Crippen LogP) is 4.92. The molecule has 9 heteroatoms. The van der Waals surface area contributed by atoms with E-state index in [2.05, 4.69) is 20.9 Å². The van der Waals surface area contributed by atoms with Gasteiger partial charge in [-0.2, -0.15) is 4.99 Å². The molecule has 0 saturated carbocycles. The first kappa shape index (κ1) is 20.4. The first-order valence-corrected chi connectivity index (χ1v) is 10.3. The van der Waals surface area contributed by atoms with Gasteiger partial charge in [0.1, 0.15) is 5.75 Å². The lowest BCUT2D eigenvalue weighted by molar-refractivity contribution is -0.120. The number of nitrogens with zero attached hydrogens (tertiary/aromatic N) is 2. The third kappa shape index (κ3) is 5.12. The number of fused-ring (bicyclic) bond motifs is 1. The van der Waals surface area contributed by atoms with E-state index in [0.29, 0.717) is 33.7 Å². The minimum absolute atomic E-state index is 0.219. The highest BCUT2D eigenvalue weighted by atomic mass is 79.9. The number of hydrogen-bond acceptors (Lipinski definition) is 4. The van der Waals surface area contributed by atoms with Crippen molar-refractivity contribution in [2.45, 2.75) is 6.54 Å². The number of methoxy groups -OCH3 is 1. The molecule has 3 aromatic rings. The molecule has 5 nitrogen and oxygen atoms in total. The Morgan fingerprint density at radius 1 is 1.26 bits per heavy atom. The molecule has 27 heavy (non-hydrogen) atoms. The van der Waals surface area contributed by atoms with Gasteiger partial charge < -0.3 is 14.0 Å². The molecule has 0 N–H and O–H groups in total. The molecule has 0 aliphatic heterocycles. The van der Waals surface area contributed by atoms with Gasteiger partial charge in [-0.25, -0.2) is 0 Å². The average molecular weight is 490 g/mol. The van der Waals surface area contributed by atoms with Crippen LogP contribution < -0.4 is 9.54 Å². The van der Waals surface area contributed by atoms with Gasteiger partial charge in [-0.1, -0.05) is 50.5 Å². The molecule has 0 bridgehead atoms. The summed E-state index contributed by atoms with van der Waals surface area (Å²) in [5.74, 6) is -0.0186. The fourth-order valence-corrected chi connectivity index (χ4v) is 4.49. The van der Waals surface area contributed by atoms with Crippen LogP contribution in [0.5, 0.6) is 5.75 Å². The standard InChI is InChI=1S/C18H15BrCl2N2O3S/c1-25-7-6-23-14-4-2-11(19)8-16(14)27-18(23)22-17(24)10-26-15-5-3-12(20)9-13(15)21/h2-5,8-9H,6-7,10H2,1H3. The highest BCUT2D eigenvalue weighted by Crippen LogP contribution is 2.27. The number of hydrogen-bond donors (Lipinski definition) is 0. The number of amides is 1. The minimum atomic E-state index is -0.405. The van der Waals surface area contributed by atoms with Crippen LogP contribution in [0.25, 0.3) is 10.2 Å². The molecule has 0 aliphatic rings. The maximum atomic E-state index is 12.3. The molecule has 1 amide bonds. The molecule has 3 rings (SSSR count). The molecule has 0 fully saturated rings. The quantitative estimate of drug-likeness (QED) is 0.493. The third-order valence-electron chi connectivity index (χ3n) is 3.63. The van der Waals surface area contributed by atoms with Gasteiger partial charge in [0.25, 0.3) is 5.91 Å². The van der Waals surface area contributed by atoms with Crippen molar-refractivity contribution in [2.24, 2.45) is 4.99 Å². The summed E-state index contributed by atoms with van der Waals surface area (Å²) in [5, 5.41) is 0.844. The summed E-state index contributed by atoms with van der Waals surface area (Å²) in [4.78, 5) is 17.1. The summed E-state index contributed by atoms with van der Waals surface area (Å²) in [6.45, 7) is 0.887. The van der Waals surface area contributed by atoms with Crippen LogP contribution in [0.2, 0.25) is 10.0 Å². The van der Waals surface area contributed by atoms with Crippen molar-refractivity contribution in [1.29, 1.82) is 0 Å². The van der Waals surface area contributed by atoms with Crippen LogP contribution in [0.4, 0.5) is 0 Å². The second-order valence-corrected chi connectivity index (χ2v) is 8.28. The molecule has 0 saturated heterocycles. The molecule has 0 atom stereocenters. The maximum absolute atomic E-state index is 12.3. The number of halogens is 3. The Morgan fingerprint density at radius 2 is 2.07 bits per heavy atom. The summed E-state index contributed by atoms with van der Waals surface area (Å²) in [6, 6.07) is 10.8. The van der Waals surface area contributed by atoms with Gasteiger partial charge in [0.05, 0.1) is 21.8 Å². The lowest BCUT2D eigenvalue weighted by atomic mass is 10.3. The van der Waals surface area contributed by atoms with E-state index in [-0.39, 0.29) is 6.61 Å². The number of thiazole rings is 1. The summed E-state index contributed by atoms with van der Waals surface area (Å²) >= 11 is 16.8. The monoisotopic (exact) mass is 488 g/mol. The van der Waals surface area contributed by atoms with E-state index >= 15 is 0 Å². The largest absolute Gasteiger partial charge is 0.482 e. The van der Waals surface area contributed by atoms with Crippen molar-refractivity contribution < 1.29 is 14.3 Å². The van der Waals surface area contributed by atoms with E-state index in [1.54, 1.807) is 25.3 Å². The molecular formula is C18H15BrCl2N2O3S. The van der Waals surface area contributed by atoms with E-state index in [9.17, 15) is 4.79 Å².